The number of hydrogen-bond donors (Lipinski definition) is 1. The Balaban J connectivity index is 1.74. The molecule has 1 atom stereocenters. The van der Waals surface area contributed by atoms with E-state index in [9.17, 15) is 0 Å². The summed E-state index contributed by atoms with van der Waals surface area (Å²) in [5, 5.41) is 0. The van der Waals surface area contributed by atoms with E-state index in [2.05, 4.69) is 70.3 Å². The normalized spacial score (nSPS) is 12.6. The molecule has 2 aromatic rings. The van der Waals surface area contributed by atoms with Crippen molar-refractivity contribution in [3.8, 4) is 0 Å². The van der Waals surface area contributed by atoms with Crippen molar-refractivity contribution in [2.24, 2.45) is 5.73 Å². The summed E-state index contributed by atoms with van der Waals surface area (Å²) in [4.78, 5) is 2.35. The molecule has 1 unspecified atom stereocenters. The summed E-state index contributed by atoms with van der Waals surface area (Å²) in [7, 11) is 2.16. The molecule has 3 heteroatoms. The molecule has 21 heavy (non-hydrogen) atoms. The Morgan fingerprint density at radius 3 is 2.52 bits per heavy atom. The van der Waals surface area contributed by atoms with Crippen molar-refractivity contribution < 1.29 is 0 Å². The van der Waals surface area contributed by atoms with Crippen molar-refractivity contribution >= 4 is 15.9 Å². The van der Waals surface area contributed by atoms with Crippen molar-refractivity contribution in [2.75, 3.05) is 20.1 Å². The molecule has 0 saturated carbocycles. The highest BCUT2D eigenvalue weighted by Gasteiger charge is 2.08. The van der Waals surface area contributed by atoms with Gasteiger partial charge >= 0.3 is 0 Å². The van der Waals surface area contributed by atoms with E-state index in [1.807, 2.05) is 12.1 Å². The highest BCUT2D eigenvalue weighted by atomic mass is 79.9. The SMILES string of the molecule is CN(CCc1ccccc1)CCC(N)c1cccc(Br)c1. The number of halogens is 1. The van der Waals surface area contributed by atoms with E-state index in [4.69, 9.17) is 5.73 Å². The Morgan fingerprint density at radius 2 is 1.81 bits per heavy atom. The third-order valence-corrected chi connectivity index (χ3v) is 4.22. The zero-order chi connectivity index (χ0) is 15.1. The van der Waals surface area contributed by atoms with E-state index in [1.165, 1.54) is 11.1 Å². The number of nitrogens with zero attached hydrogens (tertiary/aromatic N) is 1. The van der Waals surface area contributed by atoms with Gasteiger partial charge in [0, 0.05) is 17.1 Å². The molecule has 112 valence electrons. The van der Waals surface area contributed by atoms with Crippen LogP contribution in [0.5, 0.6) is 0 Å². The fraction of sp³-hybridized carbons (Fsp3) is 0.333. The summed E-state index contributed by atoms with van der Waals surface area (Å²) in [5.74, 6) is 0. The van der Waals surface area contributed by atoms with Crippen LogP contribution in [-0.4, -0.2) is 25.0 Å². The Hall–Kier alpha value is -1.16. The minimum Gasteiger partial charge on any atom is -0.324 e. The van der Waals surface area contributed by atoms with Crippen LogP contribution < -0.4 is 5.73 Å². The van der Waals surface area contributed by atoms with Crippen molar-refractivity contribution in [1.29, 1.82) is 0 Å². The first-order chi connectivity index (χ1) is 10.1. The first kappa shape index (κ1) is 16.2. The van der Waals surface area contributed by atoms with E-state index < -0.39 is 0 Å². The molecule has 0 saturated heterocycles. The average molecular weight is 347 g/mol. The van der Waals surface area contributed by atoms with Crippen LogP contribution in [0.4, 0.5) is 0 Å². The van der Waals surface area contributed by atoms with Crippen LogP contribution in [0, 0.1) is 0 Å². The number of likely N-dealkylation sites (N-methyl/N-ethyl adjacent to an activating group) is 1. The predicted molar refractivity (Wildman–Crippen MR) is 93.3 cm³/mol. The Labute approximate surface area is 136 Å². The molecule has 0 bridgehead atoms. The van der Waals surface area contributed by atoms with Crippen molar-refractivity contribution in [1.82, 2.24) is 4.90 Å². The highest BCUT2D eigenvalue weighted by Crippen LogP contribution is 2.19. The predicted octanol–water partition coefficient (Wildman–Crippen LogP) is 4.01. The Bertz CT molecular complexity index is 542. The summed E-state index contributed by atoms with van der Waals surface area (Å²) >= 11 is 3.50. The molecule has 0 heterocycles. The van der Waals surface area contributed by atoms with Crippen LogP contribution in [0.3, 0.4) is 0 Å². The topological polar surface area (TPSA) is 29.3 Å². The largest absolute Gasteiger partial charge is 0.324 e. The van der Waals surface area contributed by atoms with Gasteiger partial charge in [-0.25, -0.2) is 0 Å². The summed E-state index contributed by atoms with van der Waals surface area (Å²) in [6.45, 7) is 2.08. The average Bonchev–Trinajstić information content (AvgIpc) is 2.51. The molecule has 2 N–H and O–H groups in total. The van der Waals surface area contributed by atoms with Crippen molar-refractivity contribution in [3.63, 3.8) is 0 Å². The summed E-state index contributed by atoms with van der Waals surface area (Å²) in [6, 6.07) is 19.0. The molecule has 0 aliphatic rings. The molecule has 2 aromatic carbocycles. The summed E-state index contributed by atoms with van der Waals surface area (Å²) in [6.07, 6.45) is 2.06. The number of rotatable bonds is 7. The van der Waals surface area contributed by atoms with Crippen LogP contribution >= 0.6 is 15.9 Å². The molecule has 0 fully saturated rings. The minimum atomic E-state index is 0.0988. The zero-order valence-corrected chi connectivity index (χ0v) is 14.1. The third kappa shape index (κ3) is 5.62. The van der Waals surface area contributed by atoms with Crippen LogP contribution in [-0.2, 0) is 6.42 Å². The molecule has 0 aliphatic carbocycles. The molecular formula is C18H23BrN2. The lowest BCUT2D eigenvalue weighted by atomic mass is 10.0. The quantitative estimate of drug-likeness (QED) is 0.820. The number of hydrogen-bond acceptors (Lipinski definition) is 2. The van der Waals surface area contributed by atoms with Gasteiger partial charge in [0.1, 0.15) is 0 Å². The standard InChI is InChI=1S/C18H23BrN2/c1-21(12-10-15-6-3-2-4-7-15)13-11-18(20)16-8-5-9-17(19)14-16/h2-9,14,18H,10-13,20H2,1H3. The van der Waals surface area contributed by atoms with Crippen molar-refractivity contribution in [2.45, 2.75) is 18.9 Å². The molecule has 0 spiro atoms. The lowest BCUT2D eigenvalue weighted by Gasteiger charge is -2.19. The molecule has 0 aliphatic heterocycles. The zero-order valence-electron chi connectivity index (χ0n) is 12.5. The molecule has 0 radical (unpaired) electrons. The summed E-state index contributed by atoms with van der Waals surface area (Å²) in [5.41, 5.74) is 8.86. The van der Waals surface area contributed by atoms with Gasteiger partial charge in [-0.2, -0.15) is 0 Å². The fourth-order valence-corrected chi connectivity index (χ4v) is 2.76. The smallest absolute Gasteiger partial charge is 0.0307 e. The third-order valence-electron chi connectivity index (χ3n) is 3.72. The Kier molecular flexibility index (Phi) is 6.43. The Morgan fingerprint density at radius 1 is 1.05 bits per heavy atom. The molecule has 0 aromatic heterocycles. The van der Waals surface area contributed by atoms with Gasteiger partial charge in [0.2, 0.25) is 0 Å². The van der Waals surface area contributed by atoms with Crippen LogP contribution in [0.25, 0.3) is 0 Å². The summed E-state index contributed by atoms with van der Waals surface area (Å²) < 4.78 is 1.09. The van der Waals surface area contributed by atoms with Gasteiger partial charge in [-0.05, 0) is 49.7 Å². The van der Waals surface area contributed by atoms with Crippen LogP contribution in [0.15, 0.2) is 59.1 Å². The maximum atomic E-state index is 6.27. The van der Waals surface area contributed by atoms with E-state index in [1.54, 1.807) is 0 Å². The first-order valence-corrected chi connectivity index (χ1v) is 8.18. The first-order valence-electron chi connectivity index (χ1n) is 7.38. The van der Waals surface area contributed by atoms with E-state index in [0.29, 0.717) is 0 Å². The monoisotopic (exact) mass is 346 g/mol. The van der Waals surface area contributed by atoms with Gasteiger partial charge in [0.05, 0.1) is 0 Å². The molecule has 0 amide bonds. The van der Waals surface area contributed by atoms with Crippen LogP contribution in [0.1, 0.15) is 23.6 Å². The maximum absolute atomic E-state index is 6.27. The van der Waals surface area contributed by atoms with Gasteiger partial charge in [0.15, 0.2) is 0 Å². The number of nitrogens with two attached hydrogens (primary N) is 1. The second-order valence-corrected chi connectivity index (χ2v) is 6.40. The van der Waals surface area contributed by atoms with E-state index >= 15 is 0 Å². The lowest BCUT2D eigenvalue weighted by molar-refractivity contribution is 0.322. The van der Waals surface area contributed by atoms with E-state index in [0.717, 1.165) is 30.4 Å². The lowest BCUT2D eigenvalue weighted by Crippen LogP contribution is -2.25. The number of benzene rings is 2. The maximum Gasteiger partial charge on any atom is 0.0307 e. The molecule has 2 nitrogen and oxygen atoms in total. The van der Waals surface area contributed by atoms with Crippen LogP contribution in [0.2, 0.25) is 0 Å². The second-order valence-electron chi connectivity index (χ2n) is 5.49. The highest BCUT2D eigenvalue weighted by molar-refractivity contribution is 9.10. The van der Waals surface area contributed by atoms with Crippen molar-refractivity contribution in [3.05, 3.63) is 70.2 Å². The van der Waals surface area contributed by atoms with Gasteiger partial charge in [0.25, 0.3) is 0 Å². The van der Waals surface area contributed by atoms with Gasteiger partial charge in [-0.3, -0.25) is 0 Å². The molecule has 2 rings (SSSR count). The second kappa shape index (κ2) is 8.32. The van der Waals surface area contributed by atoms with Gasteiger partial charge in [-0.1, -0.05) is 58.4 Å². The fourth-order valence-electron chi connectivity index (χ4n) is 2.34. The van der Waals surface area contributed by atoms with E-state index in [-0.39, 0.29) is 6.04 Å². The van der Waals surface area contributed by atoms with Gasteiger partial charge < -0.3 is 10.6 Å². The van der Waals surface area contributed by atoms with Gasteiger partial charge in [-0.15, -0.1) is 0 Å². The molecular weight excluding hydrogens is 324 g/mol. The minimum absolute atomic E-state index is 0.0988.